The number of aromatic nitrogens is 1. The highest BCUT2D eigenvalue weighted by atomic mass is 32.2. The maximum Gasteiger partial charge on any atom is 0.252 e. The number of amides is 1. The van der Waals surface area contributed by atoms with E-state index in [9.17, 15) is 4.79 Å². The number of carbonyl (C=O) groups excluding carboxylic acids is 1. The first-order chi connectivity index (χ1) is 10.5. The number of aliphatic hydroxyl groups is 1. The molecule has 0 fully saturated rings. The first-order valence-electron chi connectivity index (χ1n) is 7.08. The Morgan fingerprint density at radius 3 is 2.77 bits per heavy atom. The third-order valence-corrected chi connectivity index (χ3v) is 4.44. The van der Waals surface area contributed by atoms with Crippen LogP contribution in [0.15, 0.2) is 33.7 Å². The van der Waals surface area contributed by atoms with Crippen LogP contribution in [0.1, 0.15) is 34.3 Å². The number of aliphatic hydroxyl groups excluding tert-OH is 1. The fraction of sp³-hybridized carbons (Fsp3) is 0.375. The zero-order valence-corrected chi connectivity index (χ0v) is 13.7. The summed E-state index contributed by atoms with van der Waals surface area (Å²) in [4.78, 5) is 13.2. The van der Waals surface area contributed by atoms with Crippen LogP contribution in [0.3, 0.4) is 0 Å². The Kier molecular flexibility index (Phi) is 5.63. The molecule has 118 valence electrons. The Balaban J connectivity index is 2.13. The number of thioether (sulfide) groups is 1. The van der Waals surface area contributed by atoms with Crippen LogP contribution in [0.5, 0.6) is 0 Å². The molecule has 22 heavy (non-hydrogen) atoms. The Morgan fingerprint density at radius 2 is 2.14 bits per heavy atom. The fourth-order valence-electron chi connectivity index (χ4n) is 1.99. The predicted molar refractivity (Wildman–Crippen MR) is 86.0 cm³/mol. The van der Waals surface area contributed by atoms with Gasteiger partial charge in [0.2, 0.25) is 0 Å². The normalized spacial score (nSPS) is 12.2. The van der Waals surface area contributed by atoms with Crippen molar-refractivity contribution in [3.63, 3.8) is 0 Å². The number of hydrogen-bond acceptors (Lipinski definition) is 5. The minimum absolute atomic E-state index is 0.0832. The molecule has 6 heteroatoms. The summed E-state index contributed by atoms with van der Waals surface area (Å²) < 4.78 is 5.16. The molecule has 1 atom stereocenters. The van der Waals surface area contributed by atoms with Gasteiger partial charge in [-0.25, -0.2) is 0 Å². The second-order valence-corrected chi connectivity index (χ2v) is 6.16. The quantitative estimate of drug-likeness (QED) is 0.800. The zero-order valence-electron chi connectivity index (χ0n) is 12.9. The van der Waals surface area contributed by atoms with Crippen LogP contribution in [-0.2, 0) is 5.75 Å². The van der Waals surface area contributed by atoms with E-state index >= 15 is 0 Å². The largest absolute Gasteiger partial charge is 0.394 e. The van der Waals surface area contributed by atoms with Crippen molar-refractivity contribution in [1.82, 2.24) is 10.5 Å². The van der Waals surface area contributed by atoms with Crippen molar-refractivity contribution in [2.75, 3.05) is 6.61 Å². The topological polar surface area (TPSA) is 75.4 Å². The number of rotatable bonds is 6. The van der Waals surface area contributed by atoms with Crippen LogP contribution in [0.4, 0.5) is 0 Å². The molecule has 1 aromatic heterocycles. The number of benzene rings is 1. The van der Waals surface area contributed by atoms with Gasteiger partial charge in [-0.1, -0.05) is 17.3 Å². The van der Waals surface area contributed by atoms with Gasteiger partial charge in [-0.05, 0) is 32.9 Å². The Hall–Kier alpha value is -1.79. The summed E-state index contributed by atoms with van der Waals surface area (Å²) in [5.74, 6) is 1.32. The third-order valence-electron chi connectivity index (χ3n) is 3.34. The van der Waals surface area contributed by atoms with E-state index in [1.54, 1.807) is 24.8 Å². The third kappa shape index (κ3) is 3.90. The molecule has 1 aromatic carbocycles. The summed E-state index contributed by atoms with van der Waals surface area (Å²) in [5, 5.41) is 15.8. The van der Waals surface area contributed by atoms with E-state index in [1.807, 2.05) is 32.0 Å². The maximum atomic E-state index is 12.3. The molecule has 0 unspecified atom stereocenters. The van der Waals surface area contributed by atoms with Gasteiger partial charge in [-0.15, -0.1) is 11.8 Å². The zero-order chi connectivity index (χ0) is 16.1. The van der Waals surface area contributed by atoms with Crippen LogP contribution >= 0.6 is 11.8 Å². The average Bonchev–Trinajstić information content (AvgIpc) is 2.84. The van der Waals surface area contributed by atoms with Crippen molar-refractivity contribution in [2.45, 2.75) is 37.5 Å². The van der Waals surface area contributed by atoms with E-state index in [-0.39, 0.29) is 18.6 Å². The Labute approximate surface area is 134 Å². The van der Waals surface area contributed by atoms with E-state index in [4.69, 9.17) is 9.63 Å². The van der Waals surface area contributed by atoms with Gasteiger partial charge >= 0.3 is 0 Å². The van der Waals surface area contributed by atoms with Crippen LogP contribution in [0.25, 0.3) is 0 Å². The maximum absolute atomic E-state index is 12.3. The minimum Gasteiger partial charge on any atom is -0.394 e. The highest BCUT2D eigenvalue weighted by Gasteiger charge is 2.15. The summed E-state index contributed by atoms with van der Waals surface area (Å²) in [6, 6.07) is 7.17. The molecule has 0 aliphatic carbocycles. The van der Waals surface area contributed by atoms with E-state index in [0.717, 1.165) is 21.9 Å². The molecule has 5 nitrogen and oxygen atoms in total. The minimum atomic E-state index is -0.270. The molecule has 2 rings (SSSR count). The summed E-state index contributed by atoms with van der Waals surface area (Å²) >= 11 is 1.57. The van der Waals surface area contributed by atoms with Crippen molar-refractivity contribution in [3.05, 3.63) is 46.8 Å². The van der Waals surface area contributed by atoms with E-state index in [0.29, 0.717) is 11.3 Å². The lowest BCUT2D eigenvalue weighted by molar-refractivity contribution is 0.0919. The molecule has 1 heterocycles. The van der Waals surface area contributed by atoms with Gasteiger partial charge in [0, 0.05) is 22.3 Å². The number of carbonyl (C=O) groups is 1. The smallest absolute Gasteiger partial charge is 0.252 e. The average molecular weight is 320 g/mol. The molecule has 2 aromatic rings. The second kappa shape index (κ2) is 7.47. The number of nitrogens with one attached hydrogen (secondary N) is 1. The van der Waals surface area contributed by atoms with Crippen LogP contribution in [0.2, 0.25) is 0 Å². The van der Waals surface area contributed by atoms with E-state index in [2.05, 4.69) is 10.5 Å². The molecule has 0 saturated carbocycles. The molecular formula is C16H20N2O3S. The van der Waals surface area contributed by atoms with Gasteiger partial charge in [0.05, 0.1) is 17.9 Å². The van der Waals surface area contributed by atoms with Gasteiger partial charge in [0.15, 0.2) is 0 Å². The van der Waals surface area contributed by atoms with Crippen LogP contribution < -0.4 is 5.32 Å². The molecule has 2 N–H and O–H groups in total. The number of nitrogens with zero attached hydrogens (tertiary/aromatic N) is 1. The molecule has 1 amide bonds. The van der Waals surface area contributed by atoms with Crippen molar-refractivity contribution in [3.8, 4) is 0 Å². The first kappa shape index (κ1) is 16.6. The van der Waals surface area contributed by atoms with Crippen LogP contribution in [0, 0.1) is 13.8 Å². The molecule has 0 saturated heterocycles. The van der Waals surface area contributed by atoms with Crippen molar-refractivity contribution in [1.29, 1.82) is 0 Å². The van der Waals surface area contributed by atoms with Gasteiger partial charge in [0.1, 0.15) is 5.76 Å². The highest BCUT2D eigenvalue weighted by Crippen LogP contribution is 2.28. The lowest BCUT2D eigenvalue weighted by Gasteiger charge is -2.13. The number of aryl methyl sites for hydroxylation is 2. The molecule has 0 aliphatic heterocycles. The monoisotopic (exact) mass is 320 g/mol. The Morgan fingerprint density at radius 1 is 1.41 bits per heavy atom. The summed E-state index contributed by atoms with van der Waals surface area (Å²) in [6.45, 7) is 5.48. The van der Waals surface area contributed by atoms with Crippen LogP contribution in [-0.4, -0.2) is 28.8 Å². The van der Waals surface area contributed by atoms with E-state index < -0.39 is 0 Å². The molecule has 0 spiro atoms. The predicted octanol–water partition coefficient (Wildman–Crippen LogP) is 2.69. The highest BCUT2D eigenvalue weighted by molar-refractivity contribution is 7.98. The summed E-state index contributed by atoms with van der Waals surface area (Å²) in [7, 11) is 0. The van der Waals surface area contributed by atoms with Crippen molar-refractivity contribution >= 4 is 17.7 Å². The molecule has 0 bridgehead atoms. The second-order valence-electron chi connectivity index (χ2n) is 5.14. The van der Waals surface area contributed by atoms with Gasteiger partial charge < -0.3 is 14.9 Å². The summed E-state index contributed by atoms with van der Waals surface area (Å²) in [5.41, 5.74) is 2.55. The molecule has 0 aliphatic rings. The molecular weight excluding hydrogens is 300 g/mol. The van der Waals surface area contributed by atoms with Gasteiger partial charge in [-0.3, -0.25) is 4.79 Å². The number of hydrogen-bond donors (Lipinski definition) is 2. The molecule has 0 radical (unpaired) electrons. The first-order valence-corrected chi connectivity index (χ1v) is 8.06. The van der Waals surface area contributed by atoms with Crippen molar-refractivity contribution in [2.24, 2.45) is 0 Å². The lowest BCUT2D eigenvalue weighted by Crippen LogP contribution is -2.35. The Bertz CT molecular complexity index is 635. The standard InChI is InChI=1S/C16H20N2O3S/c1-10(8-19)17-16(20)13-6-4-5-7-15(13)22-9-14-11(2)18-21-12(14)3/h4-7,10,19H,8-9H2,1-3H3,(H,17,20)/t10-/m0/s1. The SMILES string of the molecule is Cc1noc(C)c1CSc1ccccc1C(=O)N[C@@H](C)CO. The van der Waals surface area contributed by atoms with Gasteiger partial charge in [-0.2, -0.15) is 0 Å². The fourth-order valence-corrected chi connectivity index (χ4v) is 3.19. The van der Waals surface area contributed by atoms with Gasteiger partial charge in [0.25, 0.3) is 5.91 Å². The lowest BCUT2D eigenvalue weighted by atomic mass is 10.2. The van der Waals surface area contributed by atoms with E-state index in [1.165, 1.54) is 0 Å². The van der Waals surface area contributed by atoms with Crippen molar-refractivity contribution < 1.29 is 14.4 Å². The summed E-state index contributed by atoms with van der Waals surface area (Å²) in [6.07, 6.45) is 0.